The molecule has 2 nitrogen and oxygen atoms in total. The molecule has 0 aromatic heterocycles. The van der Waals surface area contributed by atoms with Crippen molar-refractivity contribution in [2.45, 2.75) is 38.3 Å². The van der Waals surface area contributed by atoms with Gasteiger partial charge in [-0.15, -0.1) is 0 Å². The van der Waals surface area contributed by atoms with Gasteiger partial charge in [0.1, 0.15) is 0 Å². The molecular formula is C32H42Cl3N2P2Si2Zr. The van der Waals surface area contributed by atoms with Crippen molar-refractivity contribution in [1.29, 1.82) is 0 Å². The maximum absolute atomic E-state index is 4.17. The zero-order chi connectivity index (χ0) is 27.6. The Bertz CT molecular complexity index is 1080. The smallest absolute Gasteiger partial charge is 1.00 e. The van der Waals surface area contributed by atoms with Gasteiger partial charge in [-0.2, -0.15) is 0 Å². The van der Waals surface area contributed by atoms with E-state index in [9.17, 15) is 0 Å². The second-order valence-electron chi connectivity index (χ2n) is 11.3. The van der Waals surface area contributed by atoms with Crippen molar-refractivity contribution in [3.8, 4) is 0 Å². The van der Waals surface area contributed by atoms with Crippen LogP contribution in [0.3, 0.4) is 0 Å². The molecule has 0 amide bonds. The predicted octanol–water partition coefficient (Wildman–Crippen LogP) is -2.23. The van der Waals surface area contributed by atoms with Gasteiger partial charge in [0.05, 0.1) is 0 Å². The Labute approximate surface area is 290 Å². The second kappa shape index (κ2) is 20.1. The van der Waals surface area contributed by atoms with Crippen molar-refractivity contribution < 1.29 is 61.0 Å². The first-order valence-electron chi connectivity index (χ1n) is 13.9. The van der Waals surface area contributed by atoms with Crippen molar-refractivity contribution in [2.24, 2.45) is 0 Å². The zero-order valence-electron chi connectivity index (χ0n) is 24.9. The molecule has 0 radical (unpaired) electrons. The van der Waals surface area contributed by atoms with Crippen molar-refractivity contribution in [2.75, 3.05) is 12.3 Å². The van der Waals surface area contributed by atoms with E-state index in [0.29, 0.717) is 0 Å². The summed E-state index contributed by atoms with van der Waals surface area (Å²) in [7, 11) is -3.56. The van der Waals surface area contributed by atoms with Gasteiger partial charge in [-0.1, -0.05) is 0 Å². The maximum Gasteiger partial charge on any atom is -1.00 e. The molecule has 4 aromatic rings. The van der Waals surface area contributed by atoms with E-state index in [4.69, 9.17) is 0 Å². The van der Waals surface area contributed by atoms with Crippen LogP contribution in [-0.2, 0) is 23.8 Å². The van der Waals surface area contributed by atoms with Crippen molar-refractivity contribution in [3.63, 3.8) is 0 Å². The molecule has 0 aliphatic rings. The minimum absolute atomic E-state index is 0. The average Bonchev–Trinajstić information content (AvgIpc) is 2.95. The first-order valence-corrected chi connectivity index (χ1v) is 25.8. The van der Waals surface area contributed by atoms with Crippen LogP contribution in [0.1, 0.15) is 0 Å². The van der Waals surface area contributed by atoms with Gasteiger partial charge in [0.2, 0.25) is 0 Å². The second-order valence-corrected chi connectivity index (χ2v) is 29.3. The number of hydrogen-bond acceptors (Lipinski definition) is 2. The summed E-state index contributed by atoms with van der Waals surface area (Å²) < 4.78 is 8.35. The van der Waals surface area contributed by atoms with E-state index < -0.39 is 40.3 Å². The standard InChI is InChI=1S/2C16H21NPSi.3ClH.Zr/c2*1-19(2,17)14-13-18(15-9-5-3-6-10-15)16-11-7-4-8-12-16;;;;/h2*3-12,17H,13-14H2,1-2H3;3*1H;/q2*-1;;;;+5/p-3. The molecule has 0 unspecified atom stereocenters. The molecule has 4 rings (SSSR count). The minimum atomic E-state index is -1.48. The van der Waals surface area contributed by atoms with Gasteiger partial charge in [-0.25, -0.2) is 0 Å². The maximum atomic E-state index is 4.17. The molecule has 0 heterocycles. The van der Waals surface area contributed by atoms with Crippen molar-refractivity contribution >= 4 is 53.5 Å². The Morgan fingerprint density at radius 3 is 0.929 bits per heavy atom. The van der Waals surface area contributed by atoms with E-state index in [1.807, 2.05) is 0 Å². The Morgan fingerprint density at radius 2 is 0.690 bits per heavy atom. The summed E-state index contributed by atoms with van der Waals surface area (Å²) in [6, 6.07) is 47.3. The van der Waals surface area contributed by atoms with E-state index in [1.54, 1.807) is 0 Å². The molecule has 10 heteroatoms. The number of nitrogens with one attached hydrogen (secondary N) is 2. The third-order valence-electron chi connectivity index (χ3n) is 6.99. The van der Waals surface area contributed by atoms with Crippen LogP contribution in [0.5, 0.6) is 0 Å². The van der Waals surface area contributed by atoms with Gasteiger partial charge in [0, 0.05) is 0 Å². The van der Waals surface area contributed by atoms with Crippen LogP contribution in [0.15, 0.2) is 121 Å². The predicted molar refractivity (Wildman–Crippen MR) is 179 cm³/mol. The monoisotopic (exact) mass is 767 g/mol. The molecule has 0 saturated carbocycles. The van der Waals surface area contributed by atoms with Gasteiger partial charge in [0.25, 0.3) is 0 Å². The Balaban J connectivity index is 0.00000294. The Kier molecular flexibility index (Phi) is 19.1. The quantitative estimate of drug-likeness (QED) is 0.112. The first kappa shape index (κ1) is 39.9. The van der Waals surface area contributed by atoms with Gasteiger partial charge >= 0.3 is 255 Å². The number of halogens is 3. The van der Waals surface area contributed by atoms with Crippen LogP contribution >= 0.6 is 15.8 Å². The molecule has 0 spiro atoms. The van der Waals surface area contributed by atoms with E-state index in [1.165, 1.54) is 45.6 Å². The van der Waals surface area contributed by atoms with E-state index in [2.05, 4.69) is 153 Å². The molecule has 0 atom stereocenters. The molecule has 4 aromatic carbocycles. The molecule has 42 heavy (non-hydrogen) atoms. The molecule has 0 saturated heterocycles. The summed E-state index contributed by atoms with van der Waals surface area (Å²) in [5.74, 6) is 0. The fourth-order valence-electron chi connectivity index (χ4n) is 4.52. The van der Waals surface area contributed by atoms with Crippen LogP contribution in [-0.4, -0.2) is 28.8 Å². The third kappa shape index (κ3) is 13.1. The van der Waals surface area contributed by atoms with Crippen molar-refractivity contribution in [1.82, 2.24) is 5.85 Å². The minimum Gasteiger partial charge on any atom is -1.00 e. The van der Waals surface area contributed by atoms with Crippen LogP contribution < -0.4 is 64.3 Å². The Hall–Kier alpha value is -0.153. The SMILES string of the molecule is C[Si](C)(CCP(c1ccccc1)c1ccccc1)[NH][Zr+3][NH][Si](C)(C)CCP(c1ccccc1)c1ccccc1.[Cl-].[Cl-].[Cl-]. The molecule has 0 bridgehead atoms. The topological polar surface area (TPSA) is 24.1 Å². The average molecular weight is 770 g/mol. The van der Waals surface area contributed by atoms with Gasteiger partial charge in [0.15, 0.2) is 0 Å². The fourth-order valence-corrected chi connectivity index (χ4v) is 23.9. The van der Waals surface area contributed by atoms with Gasteiger partial charge in [-0.05, 0) is 0 Å². The van der Waals surface area contributed by atoms with E-state index >= 15 is 0 Å². The molecular weight excluding hydrogens is 728 g/mol. The number of rotatable bonds is 14. The van der Waals surface area contributed by atoms with Crippen LogP contribution in [0.2, 0.25) is 38.3 Å². The molecule has 0 fully saturated rings. The first-order chi connectivity index (χ1) is 18.8. The summed E-state index contributed by atoms with van der Waals surface area (Å²) >= 11 is -0.821. The summed E-state index contributed by atoms with van der Waals surface area (Å²) in [6.07, 6.45) is 2.54. The van der Waals surface area contributed by atoms with Gasteiger partial charge in [-0.3, -0.25) is 0 Å². The van der Waals surface area contributed by atoms with Gasteiger partial charge < -0.3 is 37.2 Å². The summed E-state index contributed by atoms with van der Waals surface area (Å²) in [5, 5.41) is 6.01. The molecule has 2 N–H and O–H groups in total. The molecule has 0 aliphatic carbocycles. The number of hydrogen-bond donors (Lipinski definition) is 2. The Morgan fingerprint density at radius 1 is 0.452 bits per heavy atom. The molecule has 0 aliphatic heterocycles. The fraction of sp³-hybridized carbons (Fsp3) is 0.250. The summed E-state index contributed by atoms with van der Waals surface area (Å²) in [5.41, 5.74) is 0. The summed E-state index contributed by atoms with van der Waals surface area (Å²) in [4.78, 5) is 0. The van der Waals surface area contributed by atoms with E-state index in [0.717, 1.165) is 0 Å². The largest absolute Gasteiger partial charge is 1.00 e. The zero-order valence-corrected chi connectivity index (χ0v) is 33.4. The molecule has 223 valence electrons. The normalized spacial score (nSPS) is 11.2. The summed E-state index contributed by atoms with van der Waals surface area (Å²) in [6.45, 7) is 10.2. The van der Waals surface area contributed by atoms with Crippen LogP contribution in [0.4, 0.5) is 0 Å². The van der Waals surface area contributed by atoms with Crippen LogP contribution in [0, 0.1) is 0 Å². The number of benzene rings is 4. The third-order valence-corrected chi connectivity index (χ3v) is 29.3. The van der Waals surface area contributed by atoms with Crippen molar-refractivity contribution in [3.05, 3.63) is 121 Å². The van der Waals surface area contributed by atoms with E-state index in [-0.39, 0.29) is 53.1 Å². The van der Waals surface area contributed by atoms with Crippen LogP contribution in [0.25, 0.3) is 0 Å².